The topological polar surface area (TPSA) is 76.8 Å². The van der Waals surface area contributed by atoms with Crippen LogP contribution in [0.3, 0.4) is 0 Å². The molecular formula is C24H29NO5. The Hall–Kier alpha value is -2.63. The van der Waals surface area contributed by atoms with Gasteiger partial charge in [-0.1, -0.05) is 20.8 Å². The van der Waals surface area contributed by atoms with E-state index in [0.29, 0.717) is 16.9 Å². The van der Waals surface area contributed by atoms with Gasteiger partial charge in [0.05, 0.1) is 12.0 Å². The molecule has 4 rings (SSSR count). The fraction of sp³-hybridized carbons (Fsp3) is 0.542. The Morgan fingerprint density at radius 2 is 1.97 bits per heavy atom. The second kappa shape index (κ2) is 6.96. The summed E-state index contributed by atoms with van der Waals surface area (Å²) in [4.78, 5) is 39.1. The van der Waals surface area contributed by atoms with Gasteiger partial charge in [-0.05, 0) is 54.7 Å². The predicted molar refractivity (Wildman–Crippen MR) is 113 cm³/mol. The third kappa shape index (κ3) is 3.75. The molecule has 0 radical (unpaired) electrons. The Morgan fingerprint density at radius 1 is 1.23 bits per heavy atom. The van der Waals surface area contributed by atoms with E-state index in [1.165, 1.54) is 13.0 Å². The van der Waals surface area contributed by atoms with Crippen molar-refractivity contribution in [2.24, 2.45) is 10.8 Å². The standard InChI is InChI=1S/C24H29NO5/c1-14-18-7-6-17(29-15(2)26)8-20(18)30-22(28)19(14)9-21(27)25-13-24(5)11-16(25)10-23(3,4)12-24/h6-8,16H,9-13H2,1-5H3/t16-,24-/m1/s1. The summed E-state index contributed by atoms with van der Waals surface area (Å²) in [5.74, 6) is -0.127. The summed E-state index contributed by atoms with van der Waals surface area (Å²) in [6.45, 7) is 10.7. The Kier molecular flexibility index (Phi) is 4.79. The number of nitrogens with zero attached hydrogens (tertiary/aromatic N) is 1. The molecule has 6 nitrogen and oxygen atoms in total. The van der Waals surface area contributed by atoms with Crippen LogP contribution in [0.5, 0.6) is 5.75 Å². The number of rotatable bonds is 3. The number of fused-ring (bicyclic) bond motifs is 3. The molecule has 1 aromatic heterocycles. The SMILES string of the molecule is CC(=O)Oc1ccc2c(C)c(CC(=O)N3C[C@]4(C)C[C@H]3CC(C)(C)C4)c(=O)oc2c1. The van der Waals surface area contributed by atoms with Crippen molar-refractivity contribution in [3.63, 3.8) is 0 Å². The first kappa shape index (κ1) is 20.6. The van der Waals surface area contributed by atoms with Crippen LogP contribution >= 0.6 is 0 Å². The molecule has 1 amide bonds. The lowest BCUT2D eigenvalue weighted by Gasteiger charge is -2.39. The van der Waals surface area contributed by atoms with Crippen LogP contribution in [0.15, 0.2) is 27.4 Å². The van der Waals surface area contributed by atoms with Gasteiger partial charge in [-0.25, -0.2) is 4.79 Å². The third-order valence-electron chi connectivity index (χ3n) is 6.58. The number of likely N-dealkylation sites (tertiary alicyclic amines) is 1. The molecule has 2 aromatic rings. The molecule has 2 aliphatic rings. The molecule has 0 N–H and O–H groups in total. The second-order valence-corrected chi connectivity index (χ2v) is 10.2. The molecule has 1 aliphatic heterocycles. The number of esters is 1. The lowest BCUT2D eigenvalue weighted by atomic mass is 9.65. The molecule has 1 aromatic carbocycles. The number of hydrogen-bond acceptors (Lipinski definition) is 5. The first-order valence-electron chi connectivity index (χ1n) is 10.5. The quantitative estimate of drug-likeness (QED) is 0.433. The fourth-order valence-corrected chi connectivity index (χ4v) is 5.81. The van der Waals surface area contributed by atoms with Crippen molar-refractivity contribution in [1.29, 1.82) is 0 Å². The van der Waals surface area contributed by atoms with Gasteiger partial charge in [0.15, 0.2) is 0 Å². The number of benzene rings is 1. The van der Waals surface area contributed by atoms with Gasteiger partial charge in [-0.3, -0.25) is 9.59 Å². The molecule has 2 atom stereocenters. The zero-order chi connectivity index (χ0) is 21.8. The maximum Gasteiger partial charge on any atom is 0.340 e. The number of ether oxygens (including phenoxy) is 1. The molecule has 1 saturated heterocycles. The van der Waals surface area contributed by atoms with E-state index >= 15 is 0 Å². The second-order valence-electron chi connectivity index (χ2n) is 10.2. The summed E-state index contributed by atoms with van der Waals surface area (Å²) in [5.41, 5.74) is 1.35. The van der Waals surface area contributed by atoms with Gasteiger partial charge in [0, 0.05) is 31.0 Å². The van der Waals surface area contributed by atoms with Gasteiger partial charge in [-0.15, -0.1) is 0 Å². The van der Waals surface area contributed by atoms with E-state index in [1.807, 2.05) is 11.8 Å². The molecule has 2 fully saturated rings. The summed E-state index contributed by atoms with van der Waals surface area (Å²) in [6.07, 6.45) is 3.19. The van der Waals surface area contributed by atoms with Crippen LogP contribution in [0.2, 0.25) is 0 Å². The molecule has 1 saturated carbocycles. The van der Waals surface area contributed by atoms with Crippen LogP contribution < -0.4 is 10.4 Å². The Morgan fingerprint density at radius 3 is 2.67 bits per heavy atom. The van der Waals surface area contributed by atoms with Crippen molar-refractivity contribution in [1.82, 2.24) is 4.90 Å². The first-order valence-corrected chi connectivity index (χ1v) is 10.5. The van der Waals surface area contributed by atoms with Gasteiger partial charge >= 0.3 is 11.6 Å². The van der Waals surface area contributed by atoms with E-state index in [0.717, 1.165) is 36.8 Å². The fourth-order valence-electron chi connectivity index (χ4n) is 5.81. The van der Waals surface area contributed by atoms with Crippen molar-refractivity contribution >= 4 is 22.8 Å². The van der Waals surface area contributed by atoms with Crippen LogP contribution in [0.25, 0.3) is 11.0 Å². The Bertz CT molecular complexity index is 1100. The van der Waals surface area contributed by atoms with E-state index in [9.17, 15) is 14.4 Å². The zero-order valence-corrected chi connectivity index (χ0v) is 18.3. The molecule has 30 heavy (non-hydrogen) atoms. The predicted octanol–water partition coefficient (Wildman–Crippen LogP) is 4.00. The van der Waals surface area contributed by atoms with Gasteiger partial charge in [0.2, 0.25) is 5.91 Å². The summed E-state index contributed by atoms with van der Waals surface area (Å²) < 4.78 is 10.6. The smallest absolute Gasteiger partial charge is 0.340 e. The molecule has 2 bridgehead atoms. The minimum absolute atomic E-state index is 0.00675. The average Bonchev–Trinajstić information content (AvgIpc) is 2.86. The van der Waals surface area contributed by atoms with Gasteiger partial charge in [0.1, 0.15) is 11.3 Å². The number of amides is 1. The van der Waals surface area contributed by atoms with Crippen LogP contribution in [0.4, 0.5) is 0 Å². The summed E-state index contributed by atoms with van der Waals surface area (Å²) in [5, 5.41) is 0.738. The van der Waals surface area contributed by atoms with E-state index in [4.69, 9.17) is 9.15 Å². The zero-order valence-electron chi connectivity index (χ0n) is 18.3. The van der Waals surface area contributed by atoms with Crippen LogP contribution in [0, 0.1) is 17.8 Å². The monoisotopic (exact) mass is 411 g/mol. The molecule has 160 valence electrons. The van der Waals surface area contributed by atoms with Crippen molar-refractivity contribution in [2.45, 2.75) is 66.3 Å². The first-order chi connectivity index (χ1) is 14.0. The maximum absolute atomic E-state index is 13.2. The largest absolute Gasteiger partial charge is 0.427 e. The summed E-state index contributed by atoms with van der Waals surface area (Å²) >= 11 is 0. The Balaban J connectivity index is 1.62. The molecule has 2 heterocycles. The molecular weight excluding hydrogens is 382 g/mol. The number of aryl methyl sites for hydroxylation is 1. The van der Waals surface area contributed by atoms with Crippen molar-refractivity contribution in [3.8, 4) is 5.75 Å². The van der Waals surface area contributed by atoms with Crippen molar-refractivity contribution < 1.29 is 18.7 Å². The Labute approximate surface area is 176 Å². The van der Waals surface area contributed by atoms with Gasteiger partial charge < -0.3 is 14.1 Å². The number of hydrogen-bond donors (Lipinski definition) is 0. The summed E-state index contributed by atoms with van der Waals surface area (Å²) in [6, 6.07) is 5.19. The van der Waals surface area contributed by atoms with Gasteiger partial charge in [0.25, 0.3) is 0 Å². The average molecular weight is 411 g/mol. The summed E-state index contributed by atoms with van der Waals surface area (Å²) in [7, 11) is 0. The highest BCUT2D eigenvalue weighted by molar-refractivity contribution is 5.86. The van der Waals surface area contributed by atoms with E-state index in [2.05, 4.69) is 20.8 Å². The molecule has 6 heteroatoms. The van der Waals surface area contributed by atoms with Gasteiger partial charge in [-0.2, -0.15) is 0 Å². The highest BCUT2D eigenvalue weighted by Crippen LogP contribution is 2.52. The maximum atomic E-state index is 13.2. The molecule has 0 spiro atoms. The number of carbonyl (C=O) groups is 2. The van der Waals surface area contributed by atoms with Crippen molar-refractivity contribution in [3.05, 3.63) is 39.7 Å². The lowest BCUT2D eigenvalue weighted by Crippen LogP contribution is -2.39. The third-order valence-corrected chi connectivity index (χ3v) is 6.58. The minimum Gasteiger partial charge on any atom is -0.427 e. The highest BCUT2D eigenvalue weighted by atomic mass is 16.5. The normalized spacial score (nSPS) is 24.8. The molecule has 1 aliphatic carbocycles. The number of carbonyl (C=O) groups excluding carboxylic acids is 2. The van der Waals surface area contributed by atoms with Crippen molar-refractivity contribution in [2.75, 3.05) is 6.54 Å². The lowest BCUT2D eigenvalue weighted by molar-refractivity contribution is -0.132. The van der Waals surface area contributed by atoms with Crippen LogP contribution in [-0.2, 0) is 16.0 Å². The van der Waals surface area contributed by atoms with E-state index in [-0.39, 0.29) is 29.2 Å². The van der Waals surface area contributed by atoms with E-state index < -0.39 is 11.6 Å². The minimum atomic E-state index is -0.512. The highest BCUT2D eigenvalue weighted by Gasteiger charge is 2.50. The van der Waals surface area contributed by atoms with E-state index in [1.54, 1.807) is 12.1 Å². The molecule has 0 unspecified atom stereocenters. The van der Waals surface area contributed by atoms with Crippen LogP contribution in [0.1, 0.15) is 58.1 Å². The van der Waals surface area contributed by atoms with Crippen LogP contribution in [-0.4, -0.2) is 29.4 Å².